The van der Waals surface area contributed by atoms with E-state index in [2.05, 4.69) is 5.32 Å². The normalized spacial score (nSPS) is 12.7. The largest absolute Gasteiger partial charge is 0.491 e. The number of nitrogens with one attached hydrogen (secondary N) is 2. The maximum absolute atomic E-state index is 12.7. The van der Waals surface area contributed by atoms with Gasteiger partial charge >= 0.3 is 6.09 Å². The van der Waals surface area contributed by atoms with E-state index in [4.69, 9.17) is 24.5 Å². The van der Waals surface area contributed by atoms with Gasteiger partial charge in [-0.15, -0.1) is 11.8 Å². The summed E-state index contributed by atoms with van der Waals surface area (Å²) in [6, 6.07) is 14.0. The average Bonchev–Trinajstić information content (AvgIpc) is 2.84. The zero-order chi connectivity index (χ0) is 24.1. The Kier molecular flexibility index (Phi) is 11.3. The molecule has 10 heteroatoms. The molecule has 2 rings (SSSR count). The first-order valence-corrected chi connectivity index (χ1v) is 11.4. The standard InChI is InChI=1S/C23H28N2O7S/c1-3-30-20(12-13-21(27)25-29)22(16-4-8-18(9-5-16)31-15-14-26)32-23(28)24-17-6-10-19(33-2)11-7-17/h4-13,20,22,26,29H,3,14-15H2,1-2H3,(H,24,28)(H,25,27)/b13-12+/t20-,22-/m0/s1. The minimum absolute atomic E-state index is 0.115. The van der Waals surface area contributed by atoms with Crippen molar-refractivity contribution in [3.05, 3.63) is 66.2 Å². The molecule has 0 heterocycles. The van der Waals surface area contributed by atoms with Crippen LogP contribution in [0.3, 0.4) is 0 Å². The molecule has 0 fully saturated rings. The molecular weight excluding hydrogens is 448 g/mol. The van der Waals surface area contributed by atoms with Crippen molar-refractivity contribution in [3.63, 3.8) is 0 Å². The molecule has 0 unspecified atom stereocenters. The van der Waals surface area contributed by atoms with Crippen molar-refractivity contribution < 1.29 is 34.1 Å². The quantitative estimate of drug-likeness (QED) is 0.159. The topological polar surface area (TPSA) is 126 Å². The molecule has 0 aliphatic heterocycles. The lowest BCUT2D eigenvalue weighted by Crippen LogP contribution is -2.28. The van der Waals surface area contributed by atoms with Gasteiger partial charge in [-0.05, 0) is 61.2 Å². The summed E-state index contributed by atoms with van der Waals surface area (Å²) in [5, 5.41) is 20.4. The Labute approximate surface area is 196 Å². The Morgan fingerprint density at radius 3 is 2.39 bits per heavy atom. The van der Waals surface area contributed by atoms with E-state index < -0.39 is 24.2 Å². The van der Waals surface area contributed by atoms with E-state index >= 15 is 0 Å². The first kappa shape index (κ1) is 26.2. The number of benzene rings is 2. The summed E-state index contributed by atoms with van der Waals surface area (Å²) in [4.78, 5) is 25.2. The lowest BCUT2D eigenvalue weighted by Gasteiger charge is -2.25. The van der Waals surface area contributed by atoms with Gasteiger partial charge in [0.2, 0.25) is 0 Å². The number of rotatable bonds is 12. The Balaban J connectivity index is 2.26. The van der Waals surface area contributed by atoms with Crippen molar-refractivity contribution in [2.75, 3.05) is 31.4 Å². The fraction of sp³-hybridized carbons (Fsp3) is 0.304. The smallest absolute Gasteiger partial charge is 0.412 e. The first-order valence-electron chi connectivity index (χ1n) is 10.2. The summed E-state index contributed by atoms with van der Waals surface area (Å²) < 4.78 is 16.8. The molecule has 178 valence electrons. The van der Waals surface area contributed by atoms with Gasteiger partial charge in [0, 0.05) is 23.3 Å². The number of hydrogen-bond donors (Lipinski definition) is 4. The number of amides is 2. The van der Waals surface area contributed by atoms with E-state index in [9.17, 15) is 9.59 Å². The highest BCUT2D eigenvalue weighted by molar-refractivity contribution is 7.98. The van der Waals surface area contributed by atoms with Crippen LogP contribution in [0.5, 0.6) is 5.75 Å². The van der Waals surface area contributed by atoms with Crippen molar-refractivity contribution in [1.82, 2.24) is 5.48 Å². The van der Waals surface area contributed by atoms with Crippen molar-refractivity contribution in [2.24, 2.45) is 0 Å². The summed E-state index contributed by atoms with van der Waals surface area (Å²) in [5.41, 5.74) is 2.66. The number of carbonyl (C=O) groups excluding carboxylic acids is 2. The highest BCUT2D eigenvalue weighted by Gasteiger charge is 2.26. The molecule has 4 N–H and O–H groups in total. The number of ether oxygens (including phenoxy) is 3. The van der Waals surface area contributed by atoms with Gasteiger partial charge in [-0.3, -0.25) is 15.3 Å². The van der Waals surface area contributed by atoms with Gasteiger partial charge in [-0.25, -0.2) is 10.3 Å². The SMILES string of the molecule is CCO[C@@H](/C=C/C(=O)NO)[C@@H](OC(=O)Nc1ccc(SC)cc1)c1ccc(OCCO)cc1. The van der Waals surface area contributed by atoms with Crippen molar-refractivity contribution in [3.8, 4) is 5.75 Å². The Morgan fingerprint density at radius 2 is 1.82 bits per heavy atom. The minimum Gasteiger partial charge on any atom is -0.491 e. The third-order valence-corrected chi connectivity index (χ3v) is 5.09. The van der Waals surface area contributed by atoms with Crippen LogP contribution in [0, 0.1) is 0 Å². The Hall–Kier alpha value is -3.05. The second kappa shape index (κ2) is 14.2. The molecule has 0 aromatic heterocycles. The highest BCUT2D eigenvalue weighted by Crippen LogP contribution is 2.28. The lowest BCUT2D eigenvalue weighted by atomic mass is 10.0. The molecule has 0 radical (unpaired) electrons. The predicted molar refractivity (Wildman–Crippen MR) is 125 cm³/mol. The van der Waals surface area contributed by atoms with Crippen molar-refractivity contribution in [1.29, 1.82) is 0 Å². The summed E-state index contributed by atoms with van der Waals surface area (Å²) >= 11 is 1.59. The zero-order valence-electron chi connectivity index (χ0n) is 18.4. The van der Waals surface area contributed by atoms with E-state index in [1.165, 1.54) is 11.6 Å². The molecule has 0 spiro atoms. The van der Waals surface area contributed by atoms with Gasteiger partial charge in [0.05, 0.1) is 6.61 Å². The van der Waals surface area contributed by atoms with Crippen LogP contribution in [0.15, 0.2) is 65.6 Å². The van der Waals surface area contributed by atoms with Crippen molar-refractivity contribution >= 4 is 29.4 Å². The van der Waals surface area contributed by atoms with Crippen LogP contribution in [-0.2, 0) is 14.3 Å². The van der Waals surface area contributed by atoms with Crippen LogP contribution in [0.4, 0.5) is 10.5 Å². The number of thioether (sulfide) groups is 1. The van der Waals surface area contributed by atoms with Gasteiger partial charge in [-0.2, -0.15) is 0 Å². The number of carbonyl (C=O) groups is 2. The summed E-state index contributed by atoms with van der Waals surface area (Å²) in [7, 11) is 0. The van der Waals surface area contributed by atoms with Gasteiger partial charge < -0.3 is 19.3 Å². The number of aliphatic hydroxyl groups is 1. The van der Waals surface area contributed by atoms with Crippen LogP contribution >= 0.6 is 11.8 Å². The third-order valence-electron chi connectivity index (χ3n) is 4.34. The van der Waals surface area contributed by atoms with Crippen LogP contribution < -0.4 is 15.5 Å². The predicted octanol–water partition coefficient (Wildman–Crippen LogP) is 3.54. The molecule has 0 saturated heterocycles. The summed E-state index contributed by atoms with van der Waals surface area (Å²) in [5.74, 6) is -0.211. The molecular formula is C23H28N2O7S. The monoisotopic (exact) mass is 476 g/mol. The highest BCUT2D eigenvalue weighted by atomic mass is 32.2. The van der Waals surface area contributed by atoms with Gasteiger partial charge in [0.15, 0.2) is 6.10 Å². The number of hydroxylamine groups is 1. The van der Waals surface area contributed by atoms with E-state index in [1.807, 2.05) is 18.4 Å². The fourth-order valence-corrected chi connectivity index (χ4v) is 3.24. The Bertz CT molecular complexity index is 904. The molecule has 33 heavy (non-hydrogen) atoms. The minimum atomic E-state index is -0.912. The third kappa shape index (κ3) is 8.78. The molecule has 0 aliphatic carbocycles. The number of aliphatic hydroxyl groups excluding tert-OH is 1. The van der Waals surface area contributed by atoms with E-state index in [-0.39, 0.29) is 19.8 Å². The first-order chi connectivity index (χ1) is 16.0. The lowest BCUT2D eigenvalue weighted by molar-refractivity contribution is -0.124. The maximum Gasteiger partial charge on any atom is 0.412 e. The zero-order valence-corrected chi connectivity index (χ0v) is 19.2. The Morgan fingerprint density at radius 1 is 1.12 bits per heavy atom. The molecule has 9 nitrogen and oxygen atoms in total. The van der Waals surface area contributed by atoms with Crippen LogP contribution in [0.2, 0.25) is 0 Å². The summed E-state index contributed by atoms with van der Waals surface area (Å²) in [6.07, 6.45) is 2.01. The molecule has 0 saturated carbocycles. The molecule has 2 aromatic rings. The van der Waals surface area contributed by atoms with Gasteiger partial charge in [0.25, 0.3) is 5.91 Å². The fourth-order valence-electron chi connectivity index (χ4n) is 2.83. The maximum atomic E-state index is 12.7. The molecule has 2 amide bonds. The van der Waals surface area contributed by atoms with Gasteiger partial charge in [0.1, 0.15) is 18.5 Å². The average molecular weight is 477 g/mol. The molecule has 0 aliphatic rings. The van der Waals surface area contributed by atoms with Crippen LogP contribution in [0.25, 0.3) is 0 Å². The summed E-state index contributed by atoms with van der Waals surface area (Å²) in [6.45, 7) is 2.08. The molecule has 2 aromatic carbocycles. The second-order valence-corrected chi connectivity index (χ2v) is 7.46. The van der Waals surface area contributed by atoms with Crippen LogP contribution in [0.1, 0.15) is 18.6 Å². The van der Waals surface area contributed by atoms with E-state index in [0.29, 0.717) is 17.0 Å². The van der Waals surface area contributed by atoms with E-state index in [0.717, 1.165) is 11.0 Å². The van der Waals surface area contributed by atoms with Crippen LogP contribution in [-0.4, -0.2) is 54.5 Å². The van der Waals surface area contributed by atoms with Crippen molar-refractivity contribution in [2.45, 2.75) is 24.0 Å². The van der Waals surface area contributed by atoms with Gasteiger partial charge in [-0.1, -0.05) is 12.1 Å². The number of anilines is 1. The molecule has 2 atom stereocenters. The second-order valence-electron chi connectivity index (χ2n) is 6.58. The van der Waals surface area contributed by atoms with E-state index in [1.54, 1.807) is 55.1 Å². The number of hydrogen-bond acceptors (Lipinski definition) is 8. The molecule has 0 bridgehead atoms.